The Bertz CT molecular complexity index is 1080. The molecule has 78 heavy (non-hydrogen) atoms. The predicted octanol–water partition coefficient (Wildman–Crippen LogP) is 20.5. The van der Waals surface area contributed by atoms with Gasteiger partial charge in [0.25, 0.3) is 0 Å². The third-order valence-corrected chi connectivity index (χ3v) is 17.7. The molecule has 0 saturated carbocycles. The van der Waals surface area contributed by atoms with Gasteiger partial charge in [0.2, 0.25) is 0 Å². The molecule has 470 valence electrons. The molecule has 0 rings (SSSR count). The predicted molar refractivity (Wildman–Crippen MR) is 340 cm³/mol. The molecule has 0 amide bonds. The van der Waals surface area contributed by atoms with Crippen LogP contribution in [0.15, 0.2) is 0 Å². The monoisotopic (exact) mass is 1110 g/mol. The molecule has 7 heteroatoms. The first-order valence-corrected chi connectivity index (χ1v) is 34.4. The minimum atomic E-state index is -0.399. The van der Waals surface area contributed by atoms with Gasteiger partial charge in [-0.3, -0.25) is 0 Å². The standard InChI is InChI=1S/C71H144O7/c1-59(2)25-16-28-62(7)31-19-34-65(10)37-22-40-68(13)43-47-75-55-71(58-78-54-53-74-52-51-73-50-46-72,56-76-48-44-69(14)41-23-38-66(11)35-20-32-63(8)29-17-26-60(3)4)57-77-49-45-70(15)42-24-39-67(12)36-21-33-64(9)30-18-27-61(5)6/h59-70,72H,16-58H2,1-15H3. The van der Waals surface area contributed by atoms with Crippen molar-refractivity contribution in [2.75, 3.05) is 85.9 Å². The Kier molecular flexibility index (Phi) is 53.3. The van der Waals surface area contributed by atoms with Crippen LogP contribution in [0.4, 0.5) is 0 Å². The summed E-state index contributed by atoms with van der Waals surface area (Å²) in [6.07, 6.45) is 39.9. The molecule has 0 heterocycles. The number of aliphatic hydroxyl groups excluding tert-OH is 1. The van der Waals surface area contributed by atoms with Crippen molar-refractivity contribution in [3.63, 3.8) is 0 Å². The Labute approximate surface area is 490 Å². The fourth-order valence-corrected chi connectivity index (χ4v) is 11.6. The minimum Gasteiger partial charge on any atom is -0.394 e. The van der Waals surface area contributed by atoms with Crippen LogP contribution < -0.4 is 0 Å². The van der Waals surface area contributed by atoms with Crippen LogP contribution in [0.25, 0.3) is 0 Å². The van der Waals surface area contributed by atoms with E-state index < -0.39 is 5.41 Å². The molecule has 9 unspecified atom stereocenters. The Morgan fingerprint density at radius 1 is 0.218 bits per heavy atom. The highest BCUT2D eigenvalue weighted by atomic mass is 16.6. The van der Waals surface area contributed by atoms with E-state index in [1.807, 2.05) is 0 Å². The second-order valence-electron chi connectivity index (χ2n) is 28.5. The molecule has 0 saturated heterocycles. The van der Waals surface area contributed by atoms with Crippen molar-refractivity contribution in [2.24, 2.45) is 76.4 Å². The number of ether oxygens (including phenoxy) is 6. The van der Waals surface area contributed by atoms with E-state index in [4.69, 9.17) is 33.5 Å². The summed E-state index contributed by atoms with van der Waals surface area (Å²) in [4.78, 5) is 0. The van der Waals surface area contributed by atoms with Crippen LogP contribution in [0.2, 0.25) is 0 Å². The molecule has 0 radical (unpaired) electrons. The van der Waals surface area contributed by atoms with Gasteiger partial charge in [0, 0.05) is 19.8 Å². The molecular formula is C71H144O7. The molecule has 1 N–H and O–H groups in total. The number of aliphatic hydroxyl groups is 1. The van der Waals surface area contributed by atoms with Crippen LogP contribution in [0, 0.1) is 76.4 Å². The molecule has 0 aromatic heterocycles. The lowest BCUT2D eigenvalue weighted by atomic mass is 9.90. The van der Waals surface area contributed by atoms with E-state index in [1.54, 1.807) is 0 Å². The number of rotatable bonds is 61. The fourth-order valence-electron chi connectivity index (χ4n) is 11.6. The first-order chi connectivity index (χ1) is 37.4. The van der Waals surface area contributed by atoms with Gasteiger partial charge >= 0.3 is 0 Å². The van der Waals surface area contributed by atoms with E-state index in [2.05, 4.69) is 104 Å². The van der Waals surface area contributed by atoms with E-state index in [0.717, 1.165) is 92.3 Å². The van der Waals surface area contributed by atoms with Crippen molar-refractivity contribution in [2.45, 2.75) is 296 Å². The van der Waals surface area contributed by atoms with Crippen molar-refractivity contribution in [1.82, 2.24) is 0 Å². The van der Waals surface area contributed by atoms with Crippen molar-refractivity contribution >= 4 is 0 Å². The van der Waals surface area contributed by atoms with Gasteiger partial charge in [-0.15, -0.1) is 0 Å². The molecule has 0 aliphatic carbocycles. The van der Waals surface area contributed by atoms with Crippen LogP contribution in [0.1, 0.15) is 296 Å². The molecule has 9 atom stereocenters. The summed E-state index contributed by atoms with van der Waals surface area (Å²) < 4.78 is 37.7. The molecular weight excluding hydrogens is 965 g/mol. The van der Waals surface area contributed by atoms with Crippen LogP contribution in [-0.2, 0) is 28.4 Å². The summed E-state index contributed by atoms with van der Waals surface area (Å²) in [7, 11) is 0. The van der Waals surface area contributed by atoms with Gasteiger partial charge in [-0.1, -0.05) is 277 Å². The Morgan fingerprint density at radius 3 is 0.615 bits per heavy atom. The maximum Gasteiger partial charge on any atom is 0.0701 e. The summed E-state index contributed by atoms with van der Waals surface area (Å²) >= 11 is 0. The van der Waals surface area contributed by atoms with Crippen LogP contribution in [0.3, 0.4) is 0 Å². The zero-order valence-corrected chi connectivity index (χ0v) is 55.7. The first-order valence-electron chi connectivity index (χ1n) is 34.4. The lowest BCUT2D eigenvalue weighted by Gasteiger charge is -2.33. The molecule has 0 aromatic rings. The summed E-state index contributed by atoms with van der Waals surface area (Å²) in [5, 5.41) is 9.06. The number of hydrogen-bond acceptors (Lipinski definition) is 7. The maximum atomic E-state index is 9.06. The Hall–Kier alpha value is -0.280. The van der Waals surface area contributed by atoms with Crippen molar-refractivity contribution in [3.05, 3.63) is 0 Å². The highest BCUT2D eigenvalue weighted by molar-refractivity contribution is 4.80. The average molecular weight is 1110 g/mol. The molecule has 7 nitrogen and oxygen atoms in total. The lowest BCUT2D eigenvalue weighted by Crippen LogP contribution is -2.42. The van der Waals surface area contributed by atoms with Gasteiger partial charge in [-0.25, -0.2) is 0 Å². The molecule has 0 spiro atoms. The van der Waals surface area contributed by atoms with Crippen molar-refractivity contribution in [1.29, 1.82) is 0 Å². The Morgan fingerprint density at radius 2 is 0.397 bits per heavy atom. The van der Waals surface area contributed by atoms with Gasteiger partial charge < -0.3 is 33.5 Å². The van der Waals surface area contributed by atoms with E-state index in [1.165, 1.54) is 173 Å². The quantitative estimate of drug-likeness (QED) is 0.0608. The van der Waals surface area contributed by atoms with E-state index in [0.29, 0.717) is 77.2 Å². The zero-order valence-electron chi connectivity index (χ0n) is 55.7. The van der Waals surface area contributed by atoms with Crippen LogP contribution >= 0.6 is 0 Å². The largest absolute Gasteiger partial charge is 0.394 e. The zero-order chi connectivity index (χ0) is 58.1. The summed E-state index contributed by atoms with van der Waals surface area (Å²) in [6.45, 7) is 43.0. The van der Waals surface area contributed by atoms with Gasteiger partial charge in [-0.05, 0) is 90.3 Å². The van der Waals surface area contributed by atoms with Crippen LogP contribution in [0.5, 0.6) is 0 Å². The maximum absolute atomic E-state index is 9.06. The minimum absolute atomic E-state index is 0.0292. The third kappa shape index (κ3) is 52.5. The fraction of sp³-hybridized carbons (Fsp3) is 1.00. The molecule has 0 aliphatic heterocycles. The van der Waals surface area contributed by atoms with Gasteiger partial charge in [0.15, 0.2) is 0 Å². The van der Waals surface area contributed by atoms with Gasteiger partial charge in [-0.2, -0.15) is 0 Å². The lowest BCUT2D eigenvalue weighted by molar-refractivity contribution is -0.114. The van der Waals surface area contributed by atoms with E-state index in [-0.39, 0.29) is 6.61 Å². The first kappa shape index (κ1) is 77.7. The highest BCUT2D eigenvalue weighted by Gasteiger charge is 2.33. The summed E-state index contributed by atoms with van der Waals surface area (Å²) in [6, 6.07) is 0. The van der Waals surface area contributed by atoms with Gasteiger partial charge in [0.1, 0.15) is 0 Å². The van der Waals surface area contributed by atoms with E-state index in [9.17, 15) is 0 Å². The second kappa shape index (κ2) is 53.4. The SMILES string of the molecule is CC(C)CCCC(C)CCCC(C)CCCC(C)CCOCC(COCCOCCOCCO)(COCCC(C)CCCC(C)CCCC(C)CCCC(C)C)COCCC(C)CCCC(C)CCCC(C)CCCC(C)C. The normalized spacial score (nSPS) is 16.7. The number of hydrogen-bond donors (Lipinski definition) is 1. The van der Waals surface area contributed by atoms with Crippen LogP contribution in [-0.4, -0.2) is 91.0 Å². The Balaban J connectivity index is 5.44. The average Bonchev–Trinajstić information content (AvgIpc) is 3.37. The summed E-state index contributed by atoms with van der Waals surface area (Å²) in [5.74, 6) is 9.48. The smallest absolute Gasteiger partial charge is 0.0701 e. The van der Waals surface area contributed by atoms with E-state index >= 15 is 0 Å². The third-order valence-electron chi connectivity index (χ3n) is 17.7. The van der Waals surface area contributed by atoms with Gasteiger partial charge in [0.05, 0.1) is 71.5 Å². The summed E-state index contributed by atoms with van der Waals surface area (Å²) in [5.41, 5.74) is -0.399. The van der Waals surface area contributed by atoms with Crippen molar-refractivity contribution < 1.29 is 33.5 Å². The van der Waals surface area contributed by atoms with Crippen molar-refractivity contribution in [3.8, 4) is 0 Å². The highest BCUT2D eigenvalue weighted by Crippen LogP contribution is 2.28. The molecule has 0 bridgehead atoms. The molecule has 0 fully saturated rings. The second-order valence-corrected chi connectivity index (χ2v) is 28.5. The molecule has 0 aromatic carbocycles. The molecule has 0 aliphatic rings. The topological polar surface area (TPSA) is 75.6 Å².